The van der Waals surface area contributed by atoms with Gasteiger partial charge in [0.1, 0.15) is 0 Å². The van der Waals surface area contributed by atoms with Crippen molar-refractivity contribution < 1.29 is 0 Å². The first-order chi connectivity index (χ1) is 4.88. The molecule has 1 aromatic rings. The van der Waals surface area contributed by atoms with Crippen LogP contribution in [0.4, 0.5) is 5.69 Å². The Labute approximate surface area is 65.0 Å². The van der Waals surface area contributed by atoms with Gasteiger partial charge in [-0.3, -0.25) is 0 Å². The topological polar surface area (TPSA) is 12.0 Å². The summed E-state index contributed by atoms with van der Waals surface area (Å²) < 4.78 is 0. The van der Waals surface area contributed by atoms with Crippen LogP contribution in [0.3, 0.4) is 0 Å². The first-order valence-corrected chi connectivity index (χ1v) is 3.89. The van der Waals surface area contributed by atoms with E-state index in [0.717, 1.165) is 12.1 Å². The van der Waals surface area contributed by atoms with Crippen LogP contribution in [0, 0.1) is 0 Å². The van der Waals surface area contributed by atoms with E-state index in [0.29, 0.717) is 0 Å². The molecule has 0 fully saturated rings. The molecule has 0 aliphatic heterocycles. The smallest absolute Gasteiger partial charge is 0.186 e. The normalized spacial score (nSPS) is 9.40. The van der Waals surface area contributed by atoms with Crippen molar-refractivity contribution in [3.05, 3.63) is 29.8 Å². The van der Waals surface area contributed by atoms with Gasteiger partial charge in [0.05, 0.1) is 0 Å². The second kappa shape index (κ2) is 3.42. The zero-order valence-corrected chi connectivity index (χ0v) is 7.02. The van der Waals surface area contributed by atoms with Crippen LogP contribution in [0.1, 0.15) is 12.5 Å². The van der Waals surface area contributed by atoms with Gasteiger partial charge in [-0.25, -0.2) is 0 Å². The molecule has 0 aliphatic carbocycles. The van der Waals surface area contributed by atoms with Crippen molar-refractivity contribution in [2.24, 2.45) is 0 Å². The van der Waals surface area contributed by atoms with Crippen molar-refractivity contribution in [3.8, 4) is 0 Å². The molecular formula is C8H10NSi. The lowest BCUT2D eigenvalue weighted by atomic mass is 10.1. The molecule has 0 saturated heterocycles. The lowest BCUT2D eigenvalue weighted by Gasteiger charge is -2.04. The molecule has 0 aliphatic rings. The average molecular weight is 148 g/mol. The maximum atomic E-state index is 3.25. The number of nitrogens with one attached hydrogen (secondary N) is 1. The third-order valence-electron chi connectivity index (χ3n) is 1.53. The van der Waals surface area contributed by atoms with Gasteiger partial charge >= 0.3 is 0 Å². The summed E-state index contributed by atoms with van der Waals surface area (Å²) >= 11 is 0. The van der Waals surface area contributed by atoms with Gasteiger partial charge in [0.25, 0.3) is 0 Å². The van der Waals surface area contributed by atoms with Crippen LogP contribution in [0.5, 0.6) is 0 Å². The van der Waals surface area contributed by atoms with E-state index in [4.69, 9.17) is 0 Å². The van der Waals surface area contributed by atoms with Crippen molar-refractivity contribution in [3.63, 3.8) is 0 Å². The maximum Gasteiger partial charge on any atom is 0.186 e. The minimum absolute atomic E-state index is 1.06. The summed E-state index contributed by atoms with van der Waals surface area (Å²) in [6.07, 6.45) is 1.06. The van der Waals surface area contributed by atoms with Crippen LogP contribution in [0.25, 0.3) is 0 Å². The van der Waals surface area contributed by atoms with Crippen molar-refractivity contribution in [1.29, 1.82) is 0 Å². The molecule has 1 rings (SSSR count). The fourth-order valence-electron chi connectivity index (χ4n) is 0.951. The van der Waals surface area contributed by atoms with E-state index in [1.165, 1.54) is 5.56 Å². The van der Waals surface area contributed by atoms with Gasteiger partial charge in [-0.1, -0.05) is 25.1 Å². The predicted octanol–water partition coefficient (Wildman–Crippen LogP) is 1.74. The Hall–Kier alpha value is -0.763. The number of aryl methyl sites for hydroxylation is 1. The van der Waals surface area contributed by atoms with E-state index in [-0.39, 0.29) is 0 Å². The molecule has 0 spiro atoms. The third kappa shape index (κ3) is 1.39. The number of rotatable bonds is 2. The first kappa shape index (κ1) is 7.35. The van der Waals surface area contributed by atoms with Gasteiger partial charge in [-0.05, 0) is 18.1 Å². The van der Waals surface area contributed by atoms with Crippen LogP contribution < -0.4 is 4.98 Å². The zero-order chi connectivity index (χ0) is 7.40. The van der Waals surface area contributed by atoms with Gasteiger partial charge in [-0.15, -0.1) is 0 Å². The van der Waals surface area contributed by atoms with Gasteiger partial charge in [0.15, 0.2) is 10.4 Å². The Morgan fingerprint density at radius 3 is 2.60 bits per heavy atom. The highest BCUT2D eigenvalue weighted by molar-refractivity contribution is 6.16. The summed E-state index contributed by atoms with van der Waals surface area (Å²) in [7, 11) is 3.25. The van der Waals surface area contributed by atoms with Crippen molar-refractivity contribution in [2.45, 2.75) is 13.3 Å². The summed E-state index contributed by atoms with van der Waals surface area (Å²) in [6, 6.07) is 8.22. The molecule has 0 bridgehead atoms. The molecule has 1 aromatic carbocycles. The fourth-order valence-corrected chi connectivity index (χ4v) is 1.19. The lowest BCUT2D eigenvalue weighted by molar-refractivity contribution is 1.14. The molecule has 0 heterocycles. The maximum absolute atomic E-state index is 3.25. The van der Waals surface area contributed by atoms with Crippen LogP contribution >= 0.6 is 0 Å². The fraction of sp³-hybridized carbons (Fsp3) is 0.250. The first-order valence-electron chi connectivity index (χ1n) is 3.39. The number of para-hydroxylation sites is 1. The predicted molar refractivity (Wildman–Crippen MR) is 45.2 cm³/mol. The molecular weight excluding hydrogens is 138 g/mol. The van der Waals surface area contributed by atoms with Crippen molar-refractivity contribution in [2.75, 3.05) is 4.98 Å². The Morgan fingerprint density at radius 1 is 1.40 bits per heavy atom. The van der Waals surface area contributed by atoms with E-state index in [2.05, 4.69) is 28.4 Å². The van der Waals surface area contributed by atoms with Gasteiger partial charge < -0.3 is 4.98 Å². The Balaban J connectivity index is 2.96. The minimum Gasteiger partial charge on any atom is -0.412 e. The molecule has 3 radical (unpaired) electrons. The summed E-state index contributed by atoms with van der Waals surface area (Å²) in [6.45, 7) is 2.14. The van der Waals surface area contributed by atoms with Crippen LogP contribution in [-0.2, 0) is 6.42 Å². The minimum atomic E-state index is 1.06. The van der Waals surface area contributed by atoms with E-state index in [9.17, 15) is 0 Å². The number of hydrogen-bond donors (Lipinski definition) is 1. The van der Waals surface area contributed by atoms with Crippen LogP contribution in [-0.4, -0.2) is 10.4 Å². The largest absolute Gasteiger partial charge is 0.412 e. The molecule has 0 amide bonds. The van der Waals surface area contributed by atoms with Gasteiger partial charge in [-0.2, -0.15) is 0 Å². The average Bonchev–Trinajstić information content (AvgIpc) is 2.04. The molecule has 1 N–H and O–H groups in total. The van der Waals surface area contributed by atoms with Crippen molar-refractivity contribution in [1.82, 2.24) is 0 Å². The SMILES string of the molecule is CCc1ccccc1N[Si]. The highest BCUT2D eigenvalue weighted by Crippen LogP contribution is 2.13. The molecule has 0 saturated carbocycles. The van der Waals surface area contributed by atoms with E-state index in [1.807, 2.05) is 18.2 Å². The molecule has 0 unspecified atom stereocenters. The summed E-state index contributed by atoms with van der Waals surface area (Å²) in [5, 5.41) is 0. The number of hydrogen-bond acceptors (Lipinski definition) is 1. The van der Waals surface area contributed by atoms with Gasteiger partial charge in [0.2, 0.25) is 0 Å². The summed E-state index contributed by atoms with van der Waals surface area (Å²) in [4.78, 5) is 2.95. The lowest BCUT2D eigenvalue weighted by Crippen LogP contribution is -1.94. The van der Waals surface area contributed by atoms with E-state index in [1.54, 1.807) is 0 Å². The Bertz CT molecular complexity index is 187. The molecule has 51 valence electrons. The molecule has 2 heteroatoms. The molecule has 1 nitrogen and oxygen atoms in total. The monoisotopic (exact) mass is 148 g/mol. The highest BCUT2D eigenvalue weighted by atomic mass is 28.2. The second-order valence-corrected chi connectivity index (χ2v) is 2.39. The molecule has 0 aromatic heterocycles. The standard InChI is InChI=1S/C8H10NSi/c1-2-7-5-3-4-6-8(7)9-10/h3-6,9H,2H2,1H3. The second-order valence-electron chi connectivity index (χ2n) is 2.14. The van der Waals surface area contributed by atoms with E-state index < -0.39 is 0 Å². The van der Waals surface area contributed by atoms with E-state index >= 15 is 0 Å². The van der Waals surface area contributed by atoms with Gasteiger partial charge in [0, 0.05) is 5.69 Å². The zero-order valence-electron chi connectivity index (χ0n) is 6.02. The Morgan fingerprint density at radius 2 is 2.10 bits per heavy atom. The molecule has 0 atom stereocenters. The van der Waals surface area contributed by atoms with Crippen LogP contribution in [0.15, 0.2) is 24.3 Å². The molecule has 10 heavy (non-hydrogen) atoms. The number of benzene rings is 1. The van der Waals surface area contributed by atoms with Crippen molar-refractivity contribution >= 4 is 16.1 Å². The summed E-state index contributed by atoms with van der Waals surface area (Å²) in [5.74, 6) is 0. The quantitative estimate of drug-likeness (QED) is 0.630. The Kier molecular flexibility index (Phi) is 2.51. The number of anilines is 1. The third-order valence-corrected chi connectivity index (χ3v) is 1.80. The summed E-state index contributed by atoms with van der Waals surface area (Å²) in [5.41, 5.74) is 2.49. The van der Waals surface area contributed by atoms with Crippen LogP contribution in [0.2, 0.25) is 0 Å². The highest BCUT2D eigenvalue weighted by Gasteiger charge is 1.93.